The molecule has 2 fully saturated rings. The lowest BCUT2D eigenvalue weighted by atomic mass is 9.95. The highest BCUT2D eigenvalue weighted by Gasteiger charge is 2.35. The number of hydrogen-bond acceptors (Lipinski definition) is 3. The number of sulfonamides is 1. The van der Waals surface area contributed by atoms with Crippen LogP contribution in [0.3, 0.4) is 0 Å². The SMILES string of the molecule is CCS(=O)(=O)N1CCC(C(=O)N(CCc2ccccc2)C2CCCC2)CC1. The monoisotopic (exact) mass is 392 g/mol. The van der Waals surface area contributed by atoms with E-state index in [1.165, 1.54) is 18.4 Å². The standard InChI is InChI=1S/C21H32N2O3S/c1-2-27(25,26)22-15-13-19(14-16-22)21(24)23(20-10-6-7-11-20)17-12-18-8-4-3-5-9-18/h3-5,8-9,19-20H,2,6-7,10-17H2,1H3. The zero-order valence-electron chi connectivity index (χ0n) is 16.3. The van der Waals surface area contributed by atoms with Crippen molar-refractivity contribution in [2.45, 2.75) is 57.9 Å². The Morgan fingerprint density at radius 1 is 1.07 bits per heavy atom. The summed E-state index contributed by atoms with van der Waals surface area (Å²) in [5.41, 5.74) is 1.26. The molecule has 150 valence electrons. The van der Waals surface area contributed by atoms with Gasteiger partial charge in [0.15, 0.2) is 0 Å². The third-order valence-electron chi connectivity index (χ3n) is 6.09. The van der Waals surface area contributed by atoms with Gasteiger partial charge in [0.25, 0.3) is 0 Å². The molecule has 2 aliphatic rings. The smallest absolute Gasteiger partial charge is 0.226 e. The predicted molar refractivity (Wildman–Crippen MR) is 108 cm³/mol. The lowest BCUT2D eigenvalue weighted by molar-refractivity contribution is -0.139. The van der Waals surface area contributed by atoms with Gasteiger partial charge in [-0.15, -0.1) is 0 Å². The highest BCUT2D eigenvalue weighted by molar-refractivity contribution is 7.89. The van der Waals surface area contributed by atoms with Crippen molar-refractivity contribution in [3.63, 3.8) is 0 Å². The molecule has 1 aromatic rings. The van der Waals surface area contributed by atoms with Crippen molar-refractivity contribution >= 4 is 15.9 Å². The normalized spacial score (nSPS) is 20.0. The van der Waals surface area contributed by atoms with Gasteiger partial charge >= 0.3 is 0 Å². The van der Waals surface area contributed by atoms with E-state index in [4.69, 9.17) is 0 Å². The Kier molecular flexibility index (Phi) is 6.93. The van der Waals surface area contributed by atoms with E-state index in [-0.39, 0.29) is 17.6 Å². The Bertz CT molecular complexity index is 706. The molecule has 0 unspecified atom stereocenters. The molecule has 3 rings (SSSR count). The molecular weight excluding hydrogens is 360 g/mol. The number of carbonyl (C=O) groups excluding carboxylic acids is 1. The van der Waals surface area contributed by atoms with Crippen LogP contribution in [0.15, 0.2) is 30.3 Å². The number of amides is 1. The molecule has 0 aromatic heterocycles. The Hall–Kier alpha value is -1.40. The number of carbonyl (C=O) groups is 1. The first-order valence-corrected chi connectivity index (χ1v) is 11.9. The van der Waals surface area contributed by atoms with E-state index in [0.717, 1.165) is 25.8 Å². The van der Waals surface area contributed by atoms with Crippen molar-refractivity contribution in [1.82, 2.24) is 9.21 Å². The molecule has 1 aromatic carbocycles. The summed E-state index contributed by atoms with van der Waals surface area (Å²) >= 11 is 0. The Balaban J connectivity index is 1.63. The Morgan fingerprint density at radius 3 is 2.30 bits per heavy atom. The Morgan fingerprint density at radius 2 is 1.70 bits per heavy atom. The number of nitrogens with zero attached hydrogens (tertiary/aromatic N) is 2. The van der Waals surface area contributed by atoms with Gasteiger partial charge in [0.1, 0.15) is 0 Å². The maximum atomic E-state index is 13.3. The first-order valence-electron chi connectivity index (χ1n) is 10.3. The van der Waals surface area contributed by atoms with Crippen molar-refractivity contribution in [3.05, 3.63) is 35.9 Å². The molecule has 1 amide bonds. The minimum Gasteiger partial charge on any atom is -0.339 e. The zero-order valence-corrected chi connectivity index (χ0v) is 17.2. The van der Waals surface area contributed by atoms with E-state index in [0.29, 0.717) is 32.0 Å². The van der Waals surface area contributed by atoms with Crippen LogP contribution in [-0.2, 0) is 21.2 Å². The third-order valence-corrected chi connectivity index (χ3v) is 7.98. The average molecular weight is 393 g/mol. The zero-order chi connectivity index (χ0) is 19.3. The highest BCUT2D eigenvalue weighted by atomic mass is 32.2. The van der Waals surface area contributed by atoms with Gasteiger partial charge in [-0.3, -0.25) is 4.79 Å². The molecule has 27 heavy (non-hydrogen) atoms. The van der Waals surface area contributed by atoms with Crippen LogP contribution in [0.2, 0.25) is 0 Å². The number of piperidine rings is 1. The van der Waals surface area contributed by atoms with E-state index in [9.17, 15) is 13.2 Å². The van der Waals surface area contributed by atoms with Crippen LogP contribution in [0.25, 0.3) is 0 Å². The molecule has 1 aliphatic heterocycles. The second-order valence-electron chi connectivity index (χ2n) is 7.78. The maximum Gasteiger partial charge on any atom is 0.226 e. The van der Waals surface area contributed by atoms with Gasteiger partial charge in [-0.1, -0.05) is 43.2 Å². The predicted octanol–water partition coefficient (Wildman–Crippen LogP) is 3.06. The first kappa shape index (κ1) is 20.3. The summed E-state index contributed by atoms with van der Waals surface area (Å²) in [5, 5.41) is 0. The average Bonchev–Trinajstić information content (AvgIpc) is 3.23. The van der Waals surface area contributed by atoms with Gasteiger partial charge in [-0.25, -0.2) is 12.7 Å². The molecule has 6 heteroatoms. The highest BCUT2D eigenvalue weighted by Crippen LogP contribution is 2.28. The van der Waals surface area contributed by atoms with Crippen LogP contribution in [0.1, 0.15) is 51.0 Å². The van der Waals surface area contributed by atoms with Crippen LogP contribution in [-0.4, -0.2) is 55.0 Å². The molecule has 0 bridgehead atoms. The fourth-order valence-corrected chi connectivity index (χ4v) is 5.51. The van der Waals surface area contributed by atoms with Gasteiger partial charge in [-0.05, 0) is 44.6 Å². The van der Waals surface area contributed by atoms with Crippen LogP contribution in [0.5, 0.6) is 0 Å². The van der Waals surface area contributed by atoms with Gasteiger partial charge in [-0.2, -0.15) is 0 Å². The van der Waals surface area contributed by atoms with Crippen LogP contribution >= 0.6 is 0 Å². The van der Waals surface area contributed by atoms with E-state index in [2.05, 4.69) is 17.0 Å². The molecule has 0 N–H and O–H groups in total. The molecule has 1 saturated carbocycles. The van der Waals surface area contributed by atoms with Gasteiger partial charge in [0.2, 0.25) is 15.9 Å². The summed E-state index contributed by atoms with van der Waals surface area (Å²) in [4.78, 5) is 15.4. The van der Waals surface area contributed by atoms with Crippen LogP contribution < -0.4 is 0 Å². The fraction of sp³-hybridized carbons (Fsp3) is 0.667. The number of benzene rings is 1. The molecule has 1 heterocycles. The molecule has 0 atom stereocenters. The van der Waals surface area contributed by atoms with Gasteiger partial charge in [0, 0.05) is 31.6 Å². The number of hydrogen-bond donors (Lipinski definition) is 0. The minimum atomic E-state index is -3.14. The lowest BCUT2D eigenvalue weighted by Gasteiger charge is -2.36. The third kappa shape index (κ3) is 5.11. The minimum absolute atomic E-state index is 0.0373. The van der Waals surface area contributed by atoms with Gasteiger partial charge < -0.3 is 4.90 Å². The van der Waals surface area contributed by atoms with Crippen LogP contribution in [0, 0.1) is 5.92 Å². The largest absolute Gasteiger partial charge is 0.339 e. The van der Waals surface area contributed by atoms with Crippen LogP contribution in [0.4, 0.5) is 0 Å². The van der Waals surface area contributed by atoms with E-state index in [1.54, 1.807) is 11.2 Å². The Labute approximate surface area is 163 Å². The molecular formula is C21H32N2O3S. The summed E-state index contributed by atoms with van der Waals surface area (Å²) in [6.07, 6.45) is 6.78. The molecule has 0 spiro atoms. The van der Waals surface area contributed by atoms with Crippen molar-refractivity contribution in [1.29, 1.82) is 0 Å². The van der Waals surface area contributed by atoms with E-state index >= 15 is 0 Å². The number of rotatable bonds is 7. The van der Waals surface area contributed by atoms with Crippen molar-refractivity contribution in [2.24, 2.45) is 5.92 Å². The van der Waals surface area contributed by atoms with Crippen molar-refractivity contribution in [3.8, 4) is 0 Å². The summed E-state index contributed by atoms with van der Waals surface area (Å²) in [6, 6.07) is 10.7. The summed E-state index contributed by atoms with van der Waals surface area (Å²) in [5.74, 6) is 0.340. The van der Waals surface area contributed by atoms with Crippen molar-refractivity contribution in [2.75, 3.05) is 25.4 Å². The topological polar surface area (TPSA) is 57.7 Å². The molecule has 1 aliphatic carbocycles. The molecule has 5 nitrogen and oxygen atoms in total. The quantitative estimate of drug-likeness (QED) is 0.717. The van der Waals surface area contributed by atoms with Crippen molar-refractivity contribution < 1.29 is 13.2 Å². The maximum absolute atomic E-state index is 13.3. The summed E-state index contributed by atoms with van der Waals surface area (Å²) < 4.78 is 25.7. The second-order valence-corrected chi connectivity index (χ2v) is 10.0. The van der Waals surface area contributed by atoms with Gasteiger partial charge in [0.05, 0.1) is 5.75 Å². The molecule has 1 saturated heterocycles. The van der Waals surface area contributed by atoms with E-state index < -0.39 is 10.0 Å². The second kappa shape index (κ2) is 9.20. The summed E-state index contributed by atoms with van der Waals surface area (Å²) in [7, 11) is -3.14. The first-order chi connectivity index (χ1) is 13.0. The summed E-state index contributed by atoms with van der Waals surface area (Å²) in [6.45, 7) is 3.40. The molecule has 0 radical (unpaired) electrons. The fourth-order valence-electron chi connectivity index (χ4n) is 4.38. The lowest BCUT2D eigenvalue weighted by Crippen LogP contribution is -2.48. The van der Waals surface area contributed by atoms with E-state index in [1.807, 2.05) is 18.2 Å².